The second-order valence-corrected chi connectivity index (χ2v) is 2.38. The van der Waals surface area contributed by atoms with Crippen LogP contribution in [-0.2, 0) is 4.74 Å². The van der Waals surface area contributed by atoms with Crippen molar-refractivity contribution in [3.8, 4) is 0 Å². The molecule has 1 rings (SSSR count). The van der Waals surface area contributed by atoms with Gasteiger partial charge in [0.15, 0.2) is 0 Å². The Morgan fingerprint density at radius 2 is 2.08 bits per heavy atom. The second kappa shape index (κ2) is 3.21. The first-order chi connectivity index (χ1) is 5.54. The van der Waals surface area contributed by atoms with Gasteiger partial charge in [-0.1, -0.05) is 0 Å². The van der Waals surface area contributed by atoms with Crippen LogP contribution in [0.25, 0.3) is 0 Å². The van der Waals surface area contributed by atoms with Crippen LogP contribution in [-0.4, -0.2) is 13.3 Å². The molecule has 12 heavy (non-hydrogen) atoms. The maximum absolute atomic E-state index is 12.1. The summed E-state index contributed by atoms with van der Waals surface area (Å²) in [5.41, 5.74) is -0.568. The Balaban J connectivity index is 2.80. The fourth-order valence-corrected chi connectivity index (χ4v) is 0.905. The highest BCUT2D eigenvalue weighted by Gasteiger charge is 2.34. The van der Waals surface area contributed by atoms with Crippen molar-refractivity contribution in [2.24, 2.45) is 0 Å². The number of rotatable bonds is 1. The van der Waals surface area contributed by atoms with Gasteiger partial charge in [-0.15, -0.1) is 0 Å². The fraction of sp³-hybridized carbons (Fsp3) is 0.375. The zero-order valence-corrected chi connectivity index (χ0v) is 6.48. The lowest BCUT2D eigenvalue weighted by Gasteiger charge is -2.15. The minimum atomic E-state index is -4.24. The standard InChI is InChI=1S/C8H8F3O/c1-12-7-4-2-3-6(5-7)8(9,10)11/h2,4-5H,3H2,1H3. The Labute approximate surface area is 68.5 Å². The number of methoxy groups -OCH3 is 1. The van der Waals surface area contributed by atoms with Gasteiger partial charge in [0, 0.05) is 5.57 Å². The van der Waals surface area contributed by atoms with Crippen molar-refractivity contribution >= 4 is 0 Å². The summed E-state index contributed by atoms with van der Waals surface area (Å²) in [6, 6.07) is 0. The molecule has 1 nitrogen and oxygen atoms in total. The lowest BCUT2D eigenvalue weighted by molar-refractivity contribution is -0.0936. The van der Waals surface area contributed by atoms with Crippen LogP contribution in [0.5, 0.6) is 0 Å². The van der Waals surface area contributed by atoms with Gasteiger partial charge in [0.2, 0.25) is 0 Å². The predicted molar refractivity (Wildman–Crippen MR) is 38.1 cm³/mol. The van der Waals surface area contributed by atoms with Gasteiger partial charge in [0.25, 0.3) is 0 Å². The molecule has 0 fully saturated rings. The highest BCUT2D eigenvalue weighted by Crippen LogP contribution is 2.32. The maximum Gasteiger partial charge on any atom is 0.412 e. The van der Waals surface area contributed by atoms with E-state index in [9.17, 15) is 13.2 Å². The van der Waals surface area contributed by atoms with Crippen LogP contribution < -0.4 is 0 Å². The van der Waals surface area contributed by atoms with E-state index < -0.39 is 11.7 Å². The minimum absolute atomic E-state index is 0.0731. The maximum atomic E-state index is 12.1. The van der Waals surface area contributed by atoms with Gasteiger partial charge in [0.1, 0.15) is 5.76 Å². The van der Waals surface area contributed by atoms with E-state index in [0.29, 0.717) is 0 Å². The largest absolute Gasteiger partial charge is 0.497 e. The molecular weight excluding hydrogens is 169 g/mol. The molecule has 0 aromatic rings. The van der Waals surface area contributed by atoms with E-state index in [1.807, 2.05) is 0 Å². The van der Waals surface area contributed by atoms with Crippen molar-refractivity contribution in [3.05, 3.63) is 29.9 Å². The van der Waals surface area contributed by atoms with E-state index in [1.54, 1.807) is 0 Å². The normalized spacial score (nSPS) is 18.3. The third kappa shape index (κ3) is 2.03. The highest BCUT2D eigenvalue weighted by atomic mass is 19.4. The first-order valence-corrected chi connectivity index (χ1v) is 3.39. The molecule has 0 spiro atoms. The summed E-state index contributed by atoms with van der Waals surface area (Å²) in [6.45, 7) is 0. The number of allylic oxidation sites excluding steroid dienone is 3. The molecule has 0 saturated carbocycles. The Morgan fingerprint density at radius 3 is 2.58 bits per heavy atom. The summed E-state index contributed by atoms with van der Waals surface area (Å²) in [4.78, 5) is 0. The average Bonchev–Trinajstić information content (AvgIpc) is 2.03. The average molecular weight is 177 g/mol. The van der Waals surface area contributed by atoms with Crippen LogP contribution in [0, 0.1) is 6.42 Å². The van der Waals surface area contributed by atoms with Crippen molar-refractivity contribution in [2.45, 2.75) is 12.6 Å². The van der Waals surface area contributed by atoms with E-state index in [2.05, 4.69) is 4.74 Å². The summed E-state index contributed by atoms with van der Waals surface area (Å²) in [6.07, 6.45) is -0.345. The van der Waals surface area contributed by atoms with Crippen LogP contribution in [0.3, 0.4) is 0 Å². The molecule has 0 atom stereocenters. The van der Waals surface area contributed by atoms with Crippen molar-refractivity contribution in [3.63, 3.8) is 0 Å². The molecular formula is C8H8F3O. The van der Waals surface area contributed by atoms with Crippen molar-refractivity contribution in [1.82, 2.24) is 0 Å². The third-order valence-corrected chi connectivity index (χ3v) is 1.54. The molecule has 4 heteroatoms. The number of halogens is 3. The van der Waals surface area contributed by atoms with E-state index >= 15 is 0 Å². The summed E-state index contributed by atoms with van der Waals surface area (Å²) in [5, 5.41) is 0. The molecule has 0 amide bonds. The zero-order chi connectivity index (χ0) is 9.19. The van der Waals surface area contributed by atoms with E-state index in [4.69, 9.17) is 0 Å². The first-order valence-electron chi connectivity index (χ1n) is 3.39. The predicted octanol–water partition coefficient (Wildman–Crippen LogP) is 2.61. The quantitative estimate of drug-likeness (QED) is 0.598. The smallest absolute Gasteiger partial charge is 0.412 e. The molecule has 1 radical (unpaired) electrons. The van der Waals surface area contributed by atoms with Crippen LogP contribution in [0.1, 0.15) is 6.42 Å². The molecule has 1 aliphatic rings. The minimum Gasteiger partial charge on any atom is -0.497 e. The van der Waals surface area contributed by atoms with Gasteiger partial charge >= 0.3 is 6.18 Å². The SMILES string of the molecule is COC1=C[CH]CC(C(F)(F)F)=C1. The lowest BCUT2D eigenvalue weighted by atomic mass is 10.0. The summed E-state index contributed by atoms with van der Waals surface area (Å²) < 4.78 is 40.9. The molecule has 1 aliphatic carbocycles. The second-order valence-electron chi connectivity index (χ2n) is 2.38. The van der Waals surface area contributed by atoms with Crippen LogP contribution in [0.4, 0.5) is 13.2 Å². The third-order valence-electron chi connectivity index (χ3n) is 1.54. The summed E-state index contributed by atoms with van der Waals surface area (Å²) in [7, 11) is 1.34. The topological polar surface area (TPSA) is 9.23 Å². The Kier molecular flexibility index (Phi) is 2.45. The molecule has 0 heterocycles. The van der Waals surface area contributed by atoms with Gasteiger partial charge in [-0.2, -0.15) is 13.2 Å². The van der Waals surface area contributed by atoms with Crippen molar-refractivity contribution in [1.29, 1.82) is 0 Å². The summed E-state index contributed by atoms with van der Waals surface area (Å²) in [5.74, 6) is 0.244. The molecule has 0 bridgehead atoms. The highest BCUT2D eigenvalue weighted by molar-refractivity contribution is 5.30. The number of hydrogen-bond donors (Lipinski definition) is 0. The van der Waals surface area contributed by atoms with Gasteiger partial charge in [-0.3, -0.25) is 0 Å². The molecule has 67 valence electrons. The first kappa shape index (κ1) is 9.16. The summed E-state index contributed by atoms with van der Waals surface area (Å²) >= 11 is 0. The molecule has 0 aliphatic heterocycles. The molecule has 0 saturated heterocycles. The lowest BCUT2D eigenvalue weighted by Crippen LogP contribution is -2.14. The fourth-order valence-electron chi connectivity index (χ4n) is 0.905. The van der Waals surface area contributed by atoms with Gasteiger partial charge in [-0.05, 0) is 25.0 Å². The zero-order valence-electron chi connectivity index (χ0n) is 6.48. The Bertz CT molecular complexity index is 225. The molecule has 0 aromatic carbocycles. The van der Waals surface area contributed by atoms with Crippen LogP contribution in [0.15, 0.2) is 23.5 Å². The monoisotopic (exact) mass is 177 g/mol. The van der Waals surface area contributed by atoms with Crippen LogP contribution >= 0.6 is 0 Å². The Hall–Kier alpha value is -0.930. The van der Waals surface area contributed by atoms with Crippen molar-refractivity contribution in [2.75, 3.05) is 7.11 Å². The van der Waals surface area contributed by atoms with Gasteiger partial charge in [-0.25, -0.2) is 0 Å². The van der Waals surface area contributed by atoms with E-state index in [0.717, 1.165) is 6.08 Å². The van der Waals surface area contributed by atoms with Gasteiger partial charge in [0.05, 0.1) is 7.11 Å². The number of alkyl halides is 3. The van der Waals surface area contributed by atoms with E-state index in [-0.39, 0.29) is 12.2 Å². The van der Waals surface area contributed by atoms with Crippen molar-refractivity contribution < 1.29 is 17.9 Å². The molecule has 0 unspecified atom stereocenters. The molecule has 0 N–H and O–H groups in total. The van der Waals surface area contributed by atoms with E-state index in [1.165, 1.54) is 19.6 Å². The number of hydrogen-bond acceptors (Lipinski definition) is 1. The molecule has 0 aromatic heterocycles. The van der Waals surface area contributed by atoms with Gasteiger partial charge < -0.3 is 4.74 Å². The Morgan fingerprint density at radius 1 is 1.42 bits per heavy atom. The van der Waals surface area contributed by atoms with Crippen LogP contribution in [0.2, 0.25) is 0 Å². The number of ether oxygens (including phenoxy) is 1.